The fraction of sp³-hybridized carbons (Fsp3) is 0.261. The average Bonchev–Trinajstić information content (AvgIpc) is 3.24. The smallest absolute Gasteiger partial charge is 0.284 e. The van der Waals surface area contributed by atoms with Gasteiger partial charge in [-0.3, -0.25) is 0 Å². The van der Waals surface area contributed by atoms with Crippen LogP contribution >= 0.6 is 0 Å². The zero-order valence-electron chi connectivity index (χ0n) is 16.6. The van der Waals surface area contributed by atoms with Gasteiger partial charge >= 0.3 is 0 Å². The Morgan fingerprint density at radius 3 is 2.60 bits per heavy atom. The molecule has 7 heteroatoms. The van der Waals surface area contributed by atoms with Crippen molar-refractivity contribution in [2.45, 2.75) is 17.7 Å². The molecule has 1 aliphatic heterocycles. The van der Waals surface area contributed by atoms with Crippen molar-refractivity contribution in [1.82, 2.24) is 14.5 Å². The molecule has 5 rings (SSSR count). The van der Waals surface area contributed by atoms with Gasteiger partial charge in [-0.1, -0.05) is 42.5 Å². The number of hydrogen-bond acceptors (Lipinski definition) is 5. The fourth-order valence-corrected chi connectivity index (χ4v) is 5.72. The fourth-order valence-electron chi connectivity index (χ4n) is 4.23. The van der Waals surface area contributed by atoms with Crippen LogP contribution in [-0.2, 0) is 10.0 Å². The monoisotopic (exact) mass is 420 g/mol. The summed E-state index contributed by atoms with van der Waals surface area (Å²) < 4.78 is 28.2. The van der Waals surface area contributed by atoms with E-state index in [1.165, 1.54) is 0 Å². The Hall–Kier alpha value is -2.90. The number of nitrogens with zero attached hydrogens (tertiary/aromatic N) is 2. The minimum absolute atomic E-state index is 0.263. The molecule has 1 aliphatic rings. The Bertz CT molecular complexity index is 1300. The summed E-state index contributed by atoms with van der Waals surface area (Å²) in [5.74, 6) is 0.621. The van der Waals surface area contributed by atoms with Crippen LogP contribution in [0.5, 0.6) is 0 Å². The number of anilines is 1. The molecule has 0 spiro atoms. The largest absolute Gasteiger partial charge is 0.384 e. The van der Waals surface area contributed by atoms with E-state index in [0.29, 0.717) is 16.8 Å². The van der Waals surface area contributed by atoms with E-state index in [-0.39, 0.29) is 4.90 Å². The predicted molar refractivity (Wildman–Crippen MR) is 120 cm³/mol. The number of benzene rings is 3. The zero-order chi connectivity index (χ0) is 20.6. The van der Waals surface area contributed by atoms with Crippen molar-refractivity contribution in [2.75, 3.05) is 25.0 Å². The summed E-state index contributed by atoms with van der Waals surface area (Å²) in [5.41, 5.74) is 1.50. The molecule has 2 heterocycles. The number of hydrogen-bond donors (Lipinski definition) is 2. The van der Waals surface area contributed by atoms with Crippen LogP contribution in [-0.4, -0.2) is 37.2 Å². The molecule has 1 saturated heterocycles. The highest BCUT2D eigenvalue weighted by Gasteiger charge is 2.23. The molecule has 1 fully saturated rings. The Kier molecular flexibility index (Phi) is 4.92. The molecule has 30 heavy (non-hydrogen) atoms. The maximum Gasteiger partial charge on any atom is 0.284 e. The van der Waals surface area contributed by atoms with Crippen molar-refractivity contribution in [3.8, 4) is 0 Å². The first-order chi connectivity index (χ1) is 14.6. The molecule has 0 amide bonds. The van der Waals surface area contributed by atoms with Gasteiger partial charge in [0.15, 0.2) is 0 Å². The summed E-state index contributed by atoms with van der Waals surface area (Å²) in [7, 11) is -3.83. The van der Waals surface area contributed by atoms with Gasteiger partial charge in [0, 0.05) is 23.0 Å². The van der Waals surface area contributed by atoms with Crippen LogP contribution in [0, 0.1) is 5.92 Å². The van der Waals surface area contributed by atoms with Crippen LogP contribution in [0.3, 0.4) is 0 Å². The minimum Gasteiger partial charge on any atom is -0.384 e. The first-order valence-electron chi connectivity index (χ1n) is 10.3. The molecule has 1 aromatic heterocycles. The van der Waals surface area contributed by atoms with Gasteiger partial charge in [0.2, 0.25) is 0 Å². The van der Waals surface area contributed by atoms with E-state index >= 15 is 0 Å². The summed E-state index contributed by atoms with van der Waals surface area (Å²) in [4.78, 5) is 0.263. The first-order valence-corrected chi connectivity index (χ1v) is 11.7. The number of rotatable bonds is 5. The van der Waals surface area contributed by atoms with Crippen molar-refractivity contribution in [1.29, 1.82) is 0 Å². The molecule has 0 aliphatic carbocycles. The highest BCUT2D eigenvalue weighted by Crippen LogP contribution is 2.29. The van der Waals surface area contributed by atoms with Crippen molar-refractivity contribution in [3.05, 3.63) is 66.9 Å². The lowest BCUT2D eigenvalue weighted by Gasteiger charge is -2.23. The molecule has 0 atom stereocenters. The summed E-state index contributed by atoms with van der Waals surface area (Å²) in [6, 6.07) is 18.5. The first kappa shape index (κ1) is 19.1. The van der Waals surface area contributed by atoms with Crippen LogP contribution in [0.15, 0.2) is 71.8 Å². The Morgan fingerprint density at radius 2 is 1.73 bits per heavy atom. The molecular weight excluding hydrogens is 396 g/mol. The molecule has 154 valence electrons. The normalized spacial score (nSPS) is 15.6. The highest BCUT2D eigenvalue weighted by atomic mass is 32.2. The minimum atomic E-state index is -3.83. The number of fused-ring (bicyclic) bond motifs is 2. The molecule has 0 unspecified atom stereocenters. The van der Waals surface area contributed by atoms with E-state index in [4.69, 9.17) is 0 Å². The molecule has 3 aromatic carbocycles. The second kappa shape index (κ2) is 7.74. The van der Waals surface area contributed by atoms with E-state index in [2.05, 4.69) is 15.7 Å². The van der Waals surface area contributed by atoms with Crippen LogP contribution < -0.4 is 10.6 Å². The quantitative estimate of drug-likeness (QED) is 0.513. The highest BCUT2D eigenvalue weighted by molar-refractivity contribution is 7.90. The van der Waals surface area contributed by atoms with E-state index in [9.17, 15) is 8.42 Å². The third-order valence-electron chi connectivity index (χ3n) is 5.88. The summed E-state index contributed by atoms with van der Waals surface area (Å²) >= 11 is 0. The van der Waals surface area contributed by atoms with Crippen LogP contribution in [0.2, 0.25) is 0 Å². The molecular formula is C23H24N4O2S. The molecule has 0 saturated carbocycles. The molecule has 2 N–H and O–H groups in total. The summed E-state index contributed by atoms with van der Waals surface area (Å²) in [6.07, 6.45) is 3.94. The number of piperidine rings is 1. The standard InChI is InChI=1S/C23H24N4O2S/c28-30(29,23-10-3-6-18-5-1-2-7-19(18)23)27-22-9-4-8-21(20(22)16-26-27)25-15-17-11-13-24-14-12-17/h1-10,16-17,24-25H,11-15H2. The van der Waals surface area contributed by atoms with E-state index in [0.717, 1.165) is 53.0 Å². The van der Waals surface area contributed by atoms with Gasteiger partial charge in [0.05, 0.1) is 16.6 Å². The summed E-state index contributed by atoms with van der Waals surface area (Å²) in [5, 5.41) is 13.6. The second-order valence-corrected chi connectivity index (χ2v) is 9.52. The Morgan fingerprint density at radius 1 is 0.967 bits per heavy atom. The van der Waals surface area contributed by atoms with Crippen LogP contribution in [0.25, 0.3) is 21.7 Å². The van der Waals surface area contributed by atoms with Crippen molar-refractivity contribution >= 4 is 37.4 Å². The van der Waals surface area contributed by atoms with Gasteiger partial charge in [-0.15, -0.1) is 0 Å². The SMILES string of the molecule is O=S(=O)(c1cccc2ccccc12)n1ncc2c(NCC3CCNCC3)cccc21. The predicted octanol–water partition coefficient (Wildman–Crippen LogP) is 3.84. The van der Waals surface area contributed by atoms with E-state index in [1.807, 2.05) is 42.5 Å². The molecule has 0 radical (unpaired) electrons. The van der Waals surface area contributed by atoms with Gasteiger partial charge < -0.3 is 10.6 Å². The van der Waals surface area contributed by atoms with Gasteiger partial charge in [0.1, 0.15) is 0 Å². The van der Waals surface area contributed by atoms with Crippen LogP contribution in [0.4, 0.5) is 5.69 Å². The molecule has 6 nitrogen and oxygen atoms in total. The van der Waals surface area contributed by atoms with Gasteiger partial charge in [0.25, 0.3) is 10.0 Å². The Labute approximate surface area is 176 Å². The molecule has 0 bridgehead atoms. The average molecular weight is 421 g/mol. The van der Waals surface area contributed by atoms with Crippen molar-refractivity contribution in [2.24, 2.45) is 5.92 Å². The summed E-state index contributed by atoms with van der Waals surface area (Å²) in [6.45, 7) is 2.98. The lowest BCUT2D eigenvalue weighted by Crippen LogP contribution is -2.31. The third kappa shape index (κ3) is 3.34. The second-order valence-electron chi connectivity index (χ2n) is 7.78. The maximum atomic E-state index is 13.5. The topological polar surface area (TPSA) is 76.0 Å². The van der Waals surface area contributed by atoms with Gasteiger partial charge in [-0.05, 0) is 55.4 Å². The van der Waals surface area contributed by atoms with E-state index in [1.54, 1.807) is 24.4 Å². The lowest BCUT2D eigenvalue weighted by molar-refractivity contribution is 0.390. The van der Waals surface area contributed by atoms with Crippen molar-refractivity contribution < 1.29 is 8.42 Å². The molecule has 4 aromatic rings. The lowest BCUT2D eigenvalue weighted by atomic mass is 9.98. The zero-order valence-corrected chi connectivity index (χ0v) is 17.4. The third-order valence-corrected chi connectivity index (χ3v) is 7.53. The number of nitrogens with one attached hydrogen (secondary N) is 2. The van der Waals surface area contributed by atoms with Crippen molar-refractivity contribution in [3.63, 3.8) is 0 Å². The Balaban J connectivity index is 1.53. The van der Waals surface area contributed by atoms with Crippen LogP contribution in [0.1, 0.15) is 12.8 Å². The van der Waals surface area contributed by atoms with Gasteiger partial charge in [-0.2, -0.15) is 17.6 Å². The number of aromatic nitrogens is 2. The van der Waals surface area contributed by atoms with E-state index < -0.39 is 10.0 Å². The maximum absolute atomic E-state index is 13.5. The van der Waals surface area contributed by atoms with Gasteiger partial charge in [-0.25, -0.2) is 0 Å².